The number of halogens is 1. The molecule has 8 heteroatoms. The van der Waals surface area contributed by atoms with E-state index in [-0.39, 0.29) is 17.9 Å². The average molecular weight is 432 g/mol. The van der Waals surface area contributed by atoms with Gasteiger partial charge in [-0.2, -0.15) is 5.10 Å². The number of piperazine rings is 1. The quantitative estimate of drug-likeness (QED) is 0.762. The maximum absolute atomic E-state index is 13.1. The molecule has 162 valence electrons. The number of aromatic nitrogens is 2. The number of aryl methyl sites for hydroxylation is 2. The second-order valence-corrected chi connectivity index (χ2v) is 8.54. The Kier molecular flexibility index (Phi) is 7.15. The predicted octanol–water partition coefficient (Wildman–Crippen LogP) is 2.48. The lowest BCUT2D eigenvalue weighted by Gasteiger charge is -2.34. The first-order valence-corrected chi connectivity index (χ1v) is 10.7. The molecule has 1 fully saturated rings. The van der Waals surface area contributed by atoms with Crippen molar-refractivity contribution in [2.75, 3.05) is 32.7 Å². The molecule has 0 atom stereocenters. The maximum atomic E-state index is 13.1. The zero-order valence-corrected chi connectivity index (χ0v) is 18.9. The molecule has 0 aliphatic carbocycles. The highest BCUT2D eigenvalue weighted by atomic mass is 35.5. The number of amides is 2. The van der Waals surface area contributed by atoms with Crippen LogP contribution in [0.4, 0.5) is 0 Å². The molecule has 1 saturated heterocycles. The van der Waals surface area contributed by atoms with Gasteiger partial charge in [-0.15, -0.1) is 0 Å². The molecular weight excluding hydrogens is 402 g/mol. The molecule has 3 rings (SSSR count). The van der Waals surface area contributed by atoms with Crippen molar-refractivity contribution in [2.24, 2.45) is 0 Å². The Bertz CT molecular complexity index is 899. The van der Waals surface area contributed by atoms with Crippen molar-refractivity contribution >= 4 is 23.4 Å². The number of hydrogen-bond donors (Lipinski definition) is 1. The number of carbonyl (C=O) groups is 2. The smallest absolute Gasteiger partial charge is 0.258 e. The third kappa shape index (κ3) is 5.40. The highest BCUT2D eigenvalue weighted by Gasteiger charge is 2.28. The first-order chi connectivity index (χ1) is 14.2. The fraction of sp³-hybridized carbons (Fsp3) is 0.500. The van der Waals surface area contributed by atoms with Gasteiger partial charge < -0.3 is 10.2 Å². The lowest BCUT2D eigenvalue weighted by atomic mass is 10.1. The van der Waals surface area contributed by atoms with Crippen LogP contribution in [0, 0.1) is 13.8 Å². The first-order valence-electron chi connectivity index (χ1n) is 10.3. The highest BCUT2D eigenvalue weighted by Crippen LogP contribution is 2.23. The molecule has 0 unspecified atom stereocenters. The minimum Gasteiger partial charge on any atom is -0.353 e. The van der Waals surface area contributed by atoms with Crippen molar-refractivity contribution < 1.29 is 9.59 Å². The number of nitrogens with zero attached hydrogens (tertiary/aromatic N) is 4. The van der Waals surface area contributed by atoms with Crippen LogP contribution in [0.25, 0.3) is 0 Å². The van der Waals surface area contributed by atoms with E-state index in [0.29, 0.717) is 55.7 Å². The Morgan fingerprint density at radius 3 is 2.33 bits per heavy atom. The van der Waals surface area contributed by atoms with Crippen LogP contribution in [-0.2, 0) is 11.3 Å². The number of benzene rings is 1. The maximum Gasteiger partial charge on any atom is 0.258 e. The monoisotopic (exact) mass is 431 g/mol. The van der Waals surface area contributed by atoms with Crippen LogP contribution < -0.4 is 5.32 Å². The third-order valence-corrected chi connectivity index (χ3v) is 5.59. The van der Waals surface area contributed by atoms with Gasteiger partial charge in [-0.3, -0.25) is 14.5 Å². The molecule has 1 aliphatic rings. The third-order valence-electron chi connectivity index (χ3n) is 5.21. The van der Waals surface area contributed by atoms with Gasteiger partial charge in [0.15, 0.2) is 0 Å². The molecule has 7 nitrogen and oxygen atoms in total. The lowest BCUT2D eigenvalue weighted by molar-refractivity contribution is -0.123. The number of nitrogens with one attached hydrogen (secondary N) is 1. The van der Waals surface area contributed by atoms with Crippen molar-refractivity contribution in [3.8, 4) is 0 Å². The first kappa shape index (κ1) is 22.3. The minimum absolute atomic E-state index is 0.0149. The largest absolute Gasteiger partial charge is 0.353 e. The molecule has 1 aromatic heterocycles. The fourth-order valence-electron chi connectivity index (χ4n) is 3.61. The standard InChI is InChI=1S/C22H30ClN5O2/c1-15(2)24-19(29)14-26-9-11-27(12-10-26)22(30)20-17(4)25-28(21(20)23)13-18-7-5-16(3)6-8-18/h5-8,15H,9-14H2,1-4H3,(H,24,29). The van der Waals surface area contributed by atoms with E-state index in [1.54, 1.807) is 9.58 Å². The van der Waals surface area contributed by atoms with Gasteiger partial charge in [-0.25, -0.2) is 4.68 Å². The molecule has 0 bridgehead atoms. The van der Waals surface area contributed by atoms with Crippen molar-refractivity contribution in [3.05, 3.63) is 51.8 Å². The predicted molar refractivity (Wildman–Crippen MR) is 118 cm³/mol. The Labute approximate surface area is 183 Å². The molecule has 1 aliphatic heterocycles. The van der Waals surface area contributed by atoms with Crippen molar-refractivity contribution in [1.29, 1.82) is 0 Å². The average Bonchev–Trinajstić information content (AvgIpc) is 2.96. The summed E-state index contributed by atoms with van der Waals surface area (Å²) in [5, 5.41) is 7.77. The van der Waals surface area contributed by atoms with E-state index in [2.05, 4.69) is 15.3 Å². The summed E-state index contributed by atoms with van der Waals surface area (Å²) in [6, 6.07) is 8.30. The molecule has 0 saturated carbocycles. The van der Waals surface area contributed by atoms with E-state index in [0.717, 1.165) is 5.56 Å². The summed E-state index contributed by atoms with van der Waals surface area (Å²) in [6.07, 6.45) is 0. The van der Waals surface area contributed by atoms with E-state index < -0.39 is 0 Å². The zero-order valence-electron chi connectivity index (χ0n) is 18.1. The Morgan fingerprint density at radius 1 is 1.10 bits per heavy atom. The normalized spacial score (nSPS) is 14.9. The molecule has 1 N–H and O–H groups in total. The summed E-state index contributed by atoms with van der Waals surface area (Å²) in [4.78, 5) is 28.9. The summed E-state index contributed by atoms with van der Waals surface area (Å²) < 4.78 is 1.68. The van der Waals surface area contributed by atoms with Gasteiger partial charge in [0.25, 0.3) is 5.91 Å². The second kappa shape index (κ2) is 9.62. The van der Waals surface area contributed by atoms with Gasteiger partial charge in [0, 0.05) is 32.2 Å². The summed E-state index contributed by atoms with van der Waals surface area (Å²) in [5.41, 5.74) is 3.38. The molecule has 0 spiro atoms. The SMILES string of the molecule is Cc1ccc(Cn2nc(C)c(C(=O)N3CCN(CC(=O)NC(C)C)CC3)c2Cl)cc1. The number of rotatable bonds is 6. The van der Waals surface area contributed by atoms with Gasteiger partial charge in [0.1, 0.15) is 5.15 Å². The molecule has 1 aromatic carbocycles. The summed E-state index contributed by atoms with van der Waals surface area (Å²) in [5.74, 6) is -0.0833. The van der Waals surface area contributed by atoms with Crippen LogP contribution in [0.2, 0.25) is 5.15 Å². The minimum atomic E-state index is -0.0982. The molecule has 0 radical (unpaired) electrons. The molecule has 2 amide bonds. The van der Waals surface area contributed by atoms with E-state index in [1.165, 1.54) is 5.56 Å². The topological polar surface area (TPSA) is 70.5 Å². The van der Waals surface area contributed by atoms with Gasteiger partial charge in [-0.1, -0.05) is 41.4 Å². The van der Waals surface area contributed by atoms with E-state index >= 15 is 0 Å². The van der Waals surface area contributed by atoms with Crippen LogP contribution in [0.15, 0.2) is 24.3 Å². The lowest BCUT2D eigenvalue weighted by Crippen LogP contribution is -2.51. The van der Waals surface area contributed by atoms with Gasteiger partial charge in [-0.05, 0) is 33.3 Å². The molecular formula is C22H30ClN5O2. The fourth-order valence-corrected chi connectivity index (χ4v) is 3.92. The zero-order chi connectivity index (χ0) is 21.8. The number of carbonyl (C=O) groups excluding carboxylic acids is 2. The molecule has 30 heavy (non-hydrogen) atoms. The van der Waals surface area contributed by atoms with Crippen molar-refractivity contribution in [2.45, 2.75) is 40.3 Å². The van der Waals surface area contributed by atoms with E-state index in [4.69, 9.17) is 11.6 Å². The second-order valence-electron chi connectivity index (χ2n) is 8.19. The van der Waals surface area contributed by atoms with E-state index in [9.17, 15) is 9.59 Å². The molecule has 2 heterocycles. The molecule has 2 aromatic rings. The van der Waals surface area contributed by atoms with Gasteiger partial charge >= 0.3 is 0 Å². The van der Waals surface area contributed by atoms with Gasteiger partial charge in [0.05, 0.1) is 24.3 Å². The Hall–Kier alpha value is -2.38. The Balaban J connectivity index is 1.63. The highest BCUT2D eigenvalue weighted by molar-refractivity contribution is 6.33. The summed E-state index contributed by atoms with van der Waals surface area (Å²) >= 11 is 6.56. The van der Waals surface area contributed by atoms with Crippen LogP contribution in [0.1, 0.15) is 41.0 Å². The van der Waals surface area contributed by atoms with Crippen LogP contribution in [0.5, 0.6) is 0 Å². The van der Waals surface area contributed by atoms with Crippen LogP contribution in [0.3, 0.4) is 0 Å². The van der Waals surface area contributed by atoms with Crippen molar-refractivity contribution in [1.82, 2.24) is 24.9 Å². The Morgan fingerprint density at radius 2 is 1.73 bits per heavy atom. The van der Waals surface area contributed by atoms with Gasteiger partial charge in [0.2, 0.25) is 5.91 Å². The van der Waals surface area contributed by atoms with E-state index in [1.807, 2.05) is 52.0 Å². The van der Waals surface area contributed by atoms with Crippen LogP contribution >= 0.6 is 11.6 Å². The number of hydrogen-bond acceptors (Lipinski definition) is 4. The van der Waals surface area contributed by atoms with Crippen LogP contribution in [-0.4, -0.2) is 70.2 Å². The summed E-state index contributed by atoms with van der Waals surface area (Å²) in [7, 11) is 0. The summed E-state index contributed by atoms with van der Waals surface area (Å²) in [6.45, 7) is 11.1. The van der Waals surface area contributed by atoms with Crippen molar-refractivity contribution in [3.63, 3.8) is 0 Å².